The molecule has 2 N–H and O–H groups in total. The van der Waals surface area contributed by atoms with Gasteiger partial charge in [-0.1, -0.05) is 30.3 Å². The van der Waals surface area contributed by atoms with Crippen molar-refractivity contribution in [1.29, 1.82) is 0 Å². The Balaban J connectivity index is 1.56. The molecule has 0 unspecified atom stereocenters. The largest absolute Gasteiger partial charge is 0.325 e. The molecule has 1 aliphatic heterocycles. The Morgan fingerprint density at radius 3 is 2.80 bits per heavy atom. The summed E-state index contributed by atoms with van der Waals surface area (Å²) in [5.41, 5.74) is 1.03. The summed E-state index contributed by atoms with van der Waals surface area (Å²) in [7, 11) is 0. The summed E-state index contributed by atoms with van der Waals surface area (Å²) in [6.07, 6.45) is 2.01. The fourth-order valence-corrected chi connectivity index (χ4v) is 4.19. The van der Waals surface area contributed by atoms with Crippen LogP contribution in [0.2, 0.25) is 0 Å². The van der Waals surface area contributed by atoms with E-state index in [1.165, 1.54) is 12.1 Å². The van der Waals surface area contributed by atoms with Crippen LogP contribution in [-0.4, -0.2) is 34.2 Å². The molecule has 1 fully saturated rings. The summed E-state index contributed by atoms with van der Waals surface area (Å²) in [4.78, 5) is 49.9. The molecule has 1 atom stereocenters. The molecule has 9 heteroatoms. The van der Waals surface area contributed by atoms with Crippen LogP contribution in [0.1, 0.15) is 29.5 Å². The van der Waals surface area contributed by atoms with Crippen LogP contribution in [0.3, 0.4) is 0 Å². The van der Waals surface area contributed by atoms with Crippen LogP contribution in [-0.2, 0) is 21.5 Å². The van der Waals surface area contributed by atoms with Crippen LogP contribution in [0.5, 0.6) is 0 Å². The second-order valence-electron chi connectivity index (χ2n) is 7.56. The number of nitro groups is 1. The van der Waals surface area contributed by atoms with E-state index in [0.29, 0.717) is 12.0 Å². The first-order valence-electron chi connectivity index (χ1n) is 9.59. The van der Waals surface area contributed by atoms with Gasteiger partial charge < -0.3 is 10.6 Å². The van der Waals surface area contributed by atoms with Crippen molar-refractivity contribution in [3.05, 3.63) is 69.3 Å². The van der Waals surface area contributed by atoms with Crippen molar-refractivity contribution in [2.45, 2.75) is 31.7 Å². The van der Waals surface area contributed by atoms with E-state index >= 15 is 0 Å². The fraction of sp³-hybridized carbons (Fsp3) is 0.286. The van der Waals surface area contributed by atoms with Gasteiger partial charge in [-0.25, -0.2) is 4.79 Å². The van der Waals surface area contributed by atoms with Crippen LogP contribution in [0.4, 0.5) is 16.2 Å². The molecule has 2 aliphatic rings. The number of amides is 4. The maximum Gasteiger partial charge on any atom is 0.325 e. The summed E-state index contributed by atoms with van der Waals surface area (Å²) in [5.74, 6) is -1.17. The number of hydrogen-bond donors (Lipinski definition) is 2. The van der Waals surface area contributed by atoms with Crippen LogP contribution in [0, 0.1) is 17.0 Å². The molecular formula is C21H20N4O5. The van der Waals surface area contributed by atoms with Gasteiger partial charge >= 0.3 is 6.03 Å². The number of carbonyl (C=O) groups is 3. The van der Waals surface area contributed by atoms with Crippen molar-refractivity contribution >= 4 is 29.2 Å². The van der Waals surface area contributed by atoms with Crippen molar-refractivity contribution in [2.24, 2.45) is 0 Å². The Labute approximate surface area is 172 Å². The molecule has 2 aromatic rings. The van der Waals surface area contributed by atoms with E-state index in [9.17, 15) is 24.5 Å². The van der Waals surface area contributed by atoms with Gasteiger partial charge in [-0.3, -0.25) is 24.6 Å². The number of anilines is 1. The topological polar surface area (TPSA) is 122 Å². The first-order valence-corrected chi connectivity index (χ1v) is 9.59. The van der Waals surface area contributed by atoms with Gasteiger partial charge in [-0.05, 0) is 48.9 Å². The summed E-state index contributed by atoms with van der Waals surface area (Å²) in [6.45, 7) is 1.17. The van der Waals surface area contributed by atoms with Crippen LogP contribution < -0.4 is 10.6 Å². The zero-order valence-corrected chi connectivity index (χ0v) is 16.3. The molecule has 30 heavy (non-hydrogen) atoms. The third kappa shape index (κ3) is 3.18. The number of nitrogens with zero attached hydrogens (tertiary/aromatic N) is 2. The molecule has 1 aliphatic carbocycles. The molecule has 2 aromatic carbocycles. The van der Waals surface area contributed by atoms with Gasteiger partial charge in [-0.2, -0.15) is 0 Å². The number of rotatable bonds is 4. The number of benzene rings is 2. The van der Waals surface area contributed by atoms with E-state index in [2.05, 4.69) is 10.6 Å². The minimum absolute atomic E-state index is 0.0142. The predicted octanol–water partition coefficient (Wildman–Crippen LogP) is 2.63. The highest BCUT2D eigenvalue weighted by atomic mass is 16.6. The molecule has 1 spiro atoms. The number of carbonyl (C=O) groups excluding carboxylic acids is 3. The van der Waals surface area contributed by atoms with Gasteiger partial charge in [0, 0.05) is 6.07 Å². The van der Waals surface area contributed by atoms with Gasteiger partial charge in [0.15, 0.2) is 0 Å². The number of hydrogen-bond acceptors (Lipinski definition) is 5. The molecule has 4 rings (SSSR count). The van der Waals surface area contributed by atoms with Crippen molar-refractivity contribution in [2.75, 3.05) is 11.9 Å². The van der Waals surface area contributed by atoms with Gasteiger partial charge in [0.1, 0.15) is 17.8 Å². The van der Waals surface area contributed by atoms with Crippen LogP contribution >= 0.6 is 0 Å². The SMILES string of the molecule is Cc1ccc(NC(=O)CN2C(=O)N[C@]3(CCCc4ccccc43)C2=O)c([N+](=O)[O-])c1. The van der Waals surface area contributed by atoms with E-state index in [4.69, 9.17) is 0 Å². The Morgan fingerprint density at radius 2 is 2.03 bits per heavy atom. The Kier molecular flexibility index (Phi) is 4.73. The van der Waals surface area contributed by atoms with Gasteiger partial charge in [0.2, 0.25) is 5.91 Å². The second-order valence-corrected chi connectivity index (χ2v) is 7.56. The van der Waals surface area contributed by atoms with Gasteiger partial charge in [0.05, 0.1) is 4.92 Å². The number of nitrogens with one attached hydrogen (secondary N) is 2. The van der Waals surface area contributed by atoms with E-state index in [1.54, 1.807) is 13.0 Å². The fourth-order valence-electron chi connectivity index (χ4n) is 4.19. The van der Waals surface area contributed by atoms with E-state index in [1.807, 2.05) is 24.3 Å². The molecule has 4 amide bonds. The quantitative estimate of drug-likeness (QED) is 0.458. The zero-order valence-electron chi connectivity index (χ0n) is 16.3. The standard InChI is InChI=1S/C21H20N4O5/c1-13-8-9-16(17(11-13)25(29)30)22-18(26)12-24-19(27)21(23-20(24)28)10-4-6-14-5-2-3-7-15(14)21/h2-3,5,7-9,11H,4,6,10,12H2,1H3,(H,22,26)(H,23,28)/t21-/m0/s1. The lowest BCUT2D eigenvalue weighted by Gasteiger charge is -2.33. The van der Waals surface area contributed by atoms with E-state index < -0.39 is 34.9 Å². The summed E-state index contributed by atoms with van der Waals surface area (Å²) < 4.78 is 0. The molecule has 0 saturated carbocycles. The summed E-state index contributed by atoms with van der Waals surface area (Å²) in [6, 6.07) is 11.2. The number of aryl methyl sites for hydroxylation is 2. The molecule has 9 nitrogen and oxygen atoms in total. The van der Waals surface area contributed by atoms with Crippen molar-refractivity contribution in [3.63, 3.8) is 0 Å². The van der Waals surface area contributed by atoms with Crippen LogP contribution in [0.15, 0.2) is 42.5 Å². The molecular weight excluding hydrogens is 388 g/mol. The Hall–Kier alpha value is -3.75. The minimum atomic E-state index is -1.16. The highest BCUT2D eigenvalue weighted by Gasteiger charge is 2.54. The minimum Gasteiger partial charge on any atom is -0.319 e. The van der Waals surface area contributed by atoms with Crippen molar-refractivity contribution < 1.29 is 19.3 Å². The summed E-state index contributed by atoms with van der Waals surface area (Å²) in [5, 5.41) is 16.5. The first-order chi connectivity index (χ1) is 14.3. The third-order valence-corrected chi connectivity index (χ3v) is 5.58. The summed E-state index contributed by atoms with van der Waals surface area (Å²) >= 11 is 0. The first kappa shape index (κ1) is 19.6. The van der Waals surface area contributed by atoms with E-state index in [0.717, 1.165) is 28.9 Å². The third-order valence-electron chi connectivity index (χ3n) is 5.58. The van der Waals surface area contributed by atoms with Crippen molar-refractivity contribution in [1.82, 2.24) is 10.2 Å². The maximum absolute atomic E-state index is 13.2. The lowest BCUT2D eigenvalue weighted by Crippen LogP contribution is -2.47. The number of imide groups is 1. The normalized spacial score (nSPS) is 20.1. The molecule has 0 radical (unpaired) electrons. The number of nitro benzene ring substituents is 1. The number of urea groups is 1. The monoisotopic (exact) mass is 408 g/mol. The molecule has 1 heterocycles. The second kappa shape index (κ2) is 7.25. The average Bonchev–Trinajstić information content (AvgIpc) is 2.94. The zero-order chi connectivity index (χ0) is 21.5. The highest BCUT2D eigenvalue weighted by molar-refractivity contribution is 6.10. The lowest BCUT2D eigenvalue weighted by molar-refractivity contribution is -0.384. The molecule has 1 saturated heterocycles. The highest BCUT2D eigenvalue weighted by Crippen LogP contribution is 2.39. The Morgan fingerprint density at radius 1 is 1.27 bits per heavy atom. The molecule has 0 bridgehead atoms. The van der Waals surface area contributed by atoms with Crippen molar-refractivity contribution in [3.8, 4) is 0 Å². The smallest absolute Gasteiger partial charge is 0.319 e. The number of fused-ring (bicyclic) bond motifs is 2. The lowest BCUT2D eigenvalue weighted by atomic mass is 9.76. The molecule has 0 aromatic heterocycles. The Bertz CT molecular complexity index is 1080. The average molecular weight is 408 g/mol. The predicted molar refractivity (Wildman–Crippen MR) is 108 cm³/mol. The van der Waals surface area contributed by atoms with Gasteiger partial charge in [0.25, 0.3) is 11.6 Å². The molecule has 154 valence electrons. The maximum atomic E-state index is 13.2. The van der Waals surface area contributed by atoms with Gasteiger partial charge in [-0.15, -0.1) is 0 Å². The van der Waals surface area contributed by atoms with Crippen LogP contribution in [0.25, 0.3) is 0 Å². The van der Waals surface area contributed by atoms with E-state index in [-0.39, 0.29) is 11.4 Å².